The van der Waals surface area contributed by atoms with Gasteiger partial charge < -0.3 is 9.84 Å². The first-order valence-electron chi connectivity index (χ1n) is 10.5. The first kappa shape index (κ1) is 25.7. The molecule has 1 N–H and O–H groups in total. The van der Waals surface area contributed by atoms with Gasteiger partial charge in [-0.15, -0.1) is 0 Å². The Hall–Kier alpha value is -3.54. The quantitative estimate of drug-likeness (QED) is 0.386. The van der Waals surface area contributed by atoms with Gasteiger partial charge in [0, 0.05) is 6.42 Å². The maximum Gasteiger partial charge on any atom is 0.416 e. The van der Waals surface area contributed by atoms with Gasteiger partial charge in [-0.2, -0.15) is 13.2 Å². The third kappa shape index (κ3) is 9.23. The zero-order chi connectivity index (χ0) is 24.3. The Balaban J connectivity index is 0.000000234. The van der Waals surface area contributed by atoms with E-state index in [1.54, 1.807) is 0 Å². The van der Waals surface area contributed by atoms with Crippen molar-refractivity contribution >= 4 is 12.0 Å². The summed E-state index contributed by atoms with van der Waals surface area (Å²) in [6.45, 7) is 6.46. The highest BCUT2D eigenvalue weighted by Gasteiger charge is 2.29. The number of alkyl halides is 3. The third-order valence-electron chi connectivity index (χ3n) is 4.86. The molecule has 0 spiro atoms. The van der Waals surface area contributed by atoms with Crippen LogP contribution in [-0.4, -0.2) is 11.1 Å². The molecule has 174 valence electrons. The fourth-order valence-corrected chi connectivity index (χ4v) is 2.97. The number of ether oxygens (including phenoxy) is 1. The Bertz CT molecular complexity index is 1030. The van der Waals surface area contributed by atoms with E-state index in [0.29, 0.717) is 25.0 Å². The number of aryl methyl sites for hydroxylation is 2. The molecule has 3 aromatic carbocycles. The van der Waals surface area contributed by atoms with E-state index in [1.165, 1.54) is 23.3 Å². The number of halogens is 3. The molecule has 0 aliphatic rings. The largest absolute Gasteiger partial charge is 0.489 e. The summed E-state index contributed by atoms with van der Waals surface area (Å²) in [5, 5.41) is 8.39. The van der Waals surface area contributed by atoms with E-state index in [4.69, 9.17) is 9.84 Å². The van der Waals surface area contributed by atoms with Gasteiger partial charge in [0.1, 0.15) is 12.4 Å². The van der Waals surface area contributed by atoms with E-state index >= 15 is 0 Å². The molecule has 3 aromatic rings. The summed E-state index contributed by atoms with van der Waals surface area (Å²) in [6.07, 6.45) is -1.53. The van der Waals surface area contributed by atoms with E-state index in [1.807, 2.05) is 36.4 Å². The molecule has 0 aliphatic heterocycles. The lowest BCUT2D eigenvalue weighted by molar-refractivity contribution is -0.138. The minimum atomic E-state index is -4.32. The normalized spacial score (nSPS) is 10.7. The summed E-state index contributed by atoms with van der Waals surface area (Å²) >= 11 is 0. The van der Waals surface area contributed by atoms with Crippen molar-refractivity contribution in [1.29, 1.82) is 0 Å². The molecule has 0 unspecified atom stereocenters. The van der Waals surface area contributed by atoms with Crippen molar-refractivity contribution in [2.24, 2.45) is 0 Å². The molecule has 0 bridgehead atoms. The Morgan fingerprint density at radius 1 is 1.00 bits per heavy atom. The van der Waals surface area contributed by atoms with Gasteiger partial charge in [-0.05, 0) is 66.3 Å². The molecule has 3 nitrogen and oxygen atoms in total. The van der Waals surface area contributed by atoms with E-state index in [0.717, 1.165) is 23.4 Å². The average molecular weight is 457 g/mol. The maximum atomic E-state index is 12.2. The minimum absolute atomic E-state index is 0.0288. The van der Waals surface area contributed by atoms with Gasteiger partial charge in [-0.25, -0.2) is 0 Å². The molecule has 0 fully saturated rings. The van der Waals surface area contributed by atoms with E-state index in [9.17, 15) is 18.0 Å². The second-order valence-corrected chi connectivity index (χ2v) is 7.44. The Kier molecular flexibility index (Phi) is 9.73. The van der Waals surface area contributed by atoms with Crippen LogP contribution in [0, 0.1) is 6.92 Å². The molecular weight excluding hydrogens is 429 g/mol. The van der Waals surface area contributed by atoms with Crippen LogP contribution in [0.15, 0.2) is 79.4 Å². The second-order valence-electron chi connectivity index (χ2n) is 7.44. The fraction of sp³-hybridized carbons (Fsp3) is 0.222. The van der Waals surface area contributed by atoms with Gasteiger partial charge in [0.05, 0.1) is 5.56 Å². The third-order valence-corrected chi connectivity index (χ3v) is 4.86. The Morgan fingerprint density at radius 3 is 2.24 bits per heavy atom. The highest BCUT2D eigenvalue weighted by molar-refractivity contribution is 5.66. The molecule has 3 rings (SSSR count). The number of benzene rings is 3. The van der Waals surface area contributed by atoms with Gasteiger partial charge >= 0.3 is 12.1 Å². The number of hydrogen-bond donors (Lipinski definition) is 1. The number of aliphatic carboxylic acids is 1. The summed E-state index contributed by atoms with van der Waals surface area (Å²) in [5.41, 5.74) is 3.54. The molecule has 0 atom stereocenters. The van der Waals surface area contributed by atoms with Crippen molar-refractivity contribution in [3.63, 3.8) is 0 Å². The van der Waals surface area contributed by atoms with Crippen molar-refractivity contribution in [3.8, 4) is 5.75 Å². The smallest absolute Gasteiger partial charge is 0.416 e. The van der Waals surface area contributed by atoms with Gasteiger partial charge in [0.15, 0.2) is 0 Å². The van der Waals surface area contributed by atoms with Crippen LogP contribution in [0.25, 0.3) is 6.08 Å². The molecule has 33 heavy (non-hydrogen) atoms. The predicted molar refractivity (Wildman–Crippen MR) is 124 cm³/mol. The van der Waals surface area contributed by atoms with Crippen LogP contribution in [0.4, 0.5) is 13.2 Å². The van der Waals surface area contributed by atoms with Gasteiger partial charge in [0.25, 0.3) is 0 Å². The first-order valence-corrected chi connectivity index (χ1v) is 10.5. The van der Waals surface area contributed by atoms with Crippen LogP contribution >= 0.6 is 0 Å². The lowest BCUT2D eigenvalue weighted by atomic mass is 10.1. The van der Waals surface area contributed by atoms with Gasteiger partial charge in [-0.1, -0.05) is 61.2 Å². The summed E-state index contributed by atoms with van der Waals surface area (Å²) < 4.78 is 42.3. The molecule has 0 radical (unpaired) electrons. The van der Waals surface area contributed by atoms with E-state index in [-0.39, 0.29) is 6.42 Å². The average Bonchev–Trinajstić information content (AvgIpc) is 2.79. The summed E-state index contributed by atoms with van der Waals surface area (Å²) in [6, 6.07) is 21.0. The zero-order valence-corrected chi connectivity index (χ0v) is 18.4. The number of carbonyl (C=O) groups is 1. The van der Waals surface area contributed by atoms with Crippen LogP contribution in [-0.2, 0) is 24.0 Å². The predicted octanol–water partition coefficient (Wildman–Crippen LogP) is 7.33. The topological polar surface area (TPSA) is 46.5 Å². The standard InChI is InChI=1S/C16H16O.C11H11F3O2/c1-3-15-11-16(10-9-13(15)2)17-12-14-7-5-4-6-8-14;12-11(13,14)9-6-4-8(5-7-9)2-1-3-10(15)16/h3-11H,1,12H2,2H3;4-7H,1-3H2,(H,15,16). The second kappa shape index (κ2) is 12.5. The molecule has 0 aliphatic carbocycles. The number of carboxylic acid groups (broad SMARTS) is 1. The zero-order valence-electron chi connectivity index (χ0n) is 18.4. The molecule has 6 heteroatoms. The van der Waals surface area contributed by atoms with Crippen molar-refractivity contribution < 1.29 is 27.8 Å². The van der Waals surface area contributed by atoms with Crippen LogP contribution in [0.3, 0.4) is 0 Å². The molecular formula is C27H27F3O3. The van der Waals surface area contributed by atoms with E-state index in [2.05, 4.69) is 31.7 Å². The molecule has 0 saturated carbocycles. The summed E-state index contributed by atoms with van der Waals surface area (Å²) in [4.78, 5) is 10.2. The highest BCUT2D eigenvalue weighted by atomic mass is 19.4. The van der Waals surface area contributed by atoms with Gasteiger partial charge in [-0.3, -0.25) is 4.79 Å². The van der Waals surface area contributed by atoms with E-state index < -0.39 is 17.7 Å². The molecule has 0 amide bonds. The maximum absolute atomic E-state index is 12.2. The molecule has 0 aromatic heterocycles. The number of carboxylic acids is 1. The number of hydrogen-bond acceptors (Lipinski definition) is 2. The van der Waals surface area contributed by atoms with Crippen LogP contribution in [0.1, 0.15) is 40.7 Å². The van der Waals surface area contributed by atoms with Gasteiger partial charge in [0.2, 0.25) is 0 Å². The summed E-state index contributed by atoms with van der Waals surface area (Å²) in [7, 11) is 0. The van der Waals surface area contributed by atoms with Crippen molar-refractivity contribution in [1.82, 2.24) is 0 Å². The Morgan fingerprint density at radius 2 is 1.67 bits per heavy atom. The van der Waals surface area contributed by atoms with Crippen LogP contribution in [0.2, 0.25) is 0 Å². The van der Waals surface area contributed by atoms with Crippen LogP contribution < -0.4 is 4.74 Å². The minimum Gasteiger partial charge on any atom is -0.489 e. The summed E-state index contributed by atoms with van der Waals surface area (Å²) in [5.74, 6) is -0.0127. The van der Waals surface area contributed by atoms with Crippen molar-refractivity contribution in [2.45, 2.75) is 39.0 Å². The first-order chi connectivity index (χ1) is 15.7. The lowest BCUT2D eigenvalue weighted by Crippen LogP contribution is -2.04. The lowest BCUT2D eigenvalue weighted by Gasteiger charge is -2.08. The molecule has 0 heterocycles. The van der Waals surface area contributed by atoms with Crippen molar-refractivity contribution in [2.75, 3.05) is 0 Å². The highest BCUT2D eigenvalue weighted by Crippen LogP contribution is 2.29. The monoisotopic (exact) mass is 456 g/mol. The Labute approximate surface area is 192 Å². The molecule has 0 saturated heterocycles. The SMILES string of the molecule is C=Cc1cc(OCc2ccccc2)ccc1C.O=C(O)CCCc1ccc(C(F)(F)F)cc1. The van der Waals surface area contributed by atoms with Crippen molar-refractivity contribution in [3.05, 3.63) is 107 Å². The number of rotatable bonds is 8. The fourth-order valence-electron chi connectivity index (χ4n) is 2.97. The van der Waals surface area contributed by atoms with Crippen LogP contribution in [0.5, 0.6) is 5.75 Å².